The number of nitrogens with one attached hydrogen (secondary N) is 2. The van der Waals surface area contributed by atoms with Crippen LogP contribution >= 0.6 is 0 Å². The lowest BCUT2D eigenvalue weighted by Crippen LogP contribution is -2.44. The van der Waals surface area contributed by atoms with Crippen LogP contribution < -0.4 is 15.4 Å². The fraction of sp³-hybridized carbons (Fsp3) is 0.323. The molecule has 3 N–H and O–H groups in total. The van der Waals surface area contributed by atoms with Gasteiger partial charge in [-0.25, -0.2) is 19.7 Å². The molecule has 2 aliphatic rings. The number of halogens is 3. The van der Waals surface area contributed by atoms with Crippen molar-refractivity contribution >= 4 is 34.4 Å². The molecule has 2 fully saturated rings. The van der Waals surface area contributed by atoms with Crippen molar-refractivity contribution in [3.63, 3.8) is 0 Å². The van der Waals surface area contributed by atoms with E-state index in [0.717, 1.165) is 18.4 Å². The topological polar surface area (TPSA) is 130 Å². The van der Waals surface area contributed by atoms with Crippen LogP contribution in [0.5, 0.6) is 11.6 Å². The predicted octanol–water partition coefficient (Wildman–Crippen LogP) is 6.63. The van der Waals surface area contributed by atoms with E-state index in [9.17, 15) is 27.9 Å². The van der Waals surface area contributed by atoms with Crippen molar-refractivity contribution in [3.05, 3.63) is 66.5 Å². The monoisotopic (exact) mass is 606 g/mol. The number of fused-ring (bicyclic) bond motifs is 1. The van der Waals surface area contributed by atoms with Crippen molar-refractivity contribution in [2.45, 2.75) is 44.8 Å². The maximum absolute atomic E-state index is 13.6. The maximum atomic E-state index is 13.6. The van der Waals surface area contributed by atoms with E-state index in [2.05, 4.69) is 25.6 Å². The molecule has 228 valence electrons. The summed E-state index contributed by atoms with van der Waals surface area (Å²) in [6.07, 6.45) is -1.38. The Labute approximate surface area is 250 Å². The number of carbonyl (C=O) groups excluding carboxylic acids is 1. The highest BCUT2D eigenvalue weighted by Gasteiger charge is 2.68. The van der Waals surface area contributed by atoms with Gasteiger partial charge in [-0.1, -0.05) is 24.3 Å². The number of carboxylic acid groups (broad SMARTS) is 1. The van der Waals surface area contributed by atoms with Crippen LogP contribution in [0, 0.1) is 12.3 Å². The van der Waals surface area contributed by atoms with E-state index in [4.69, 9.17) is 4.74 Å². The van der Waals surface area contributed by atoms with Gasteiger partial charge in [0.05, 0.1) is 11.3 Å². The molecule has 6 rings (SSSR count). The number of benzene rings is 2. The zero-order valence-electron chi connectivity index (χ0n) is 23.7. The summed E-state index contributed by atoms with van der Waals surface area (Å²) in [7, 11) is 0. The van der Waals surface area contributed by atoms with Crippen LogP contribution in [0.3, 0.4) is 0 Å². The van der Waals surface area contributed by atoms with E-state index in [1.165, 1.54) is 4.90 Å². The van der Waals surface area contributed by atoms with Crippen LogP contribution in [0.2, 0.25) is 0 Å². The second-order valence-electron chi connectivity index (χ2n) is 11.1. The highest BCUT2D eigenvalue weighted by molar-refractivity contribution is 6.07. The van der Waals surface area contributed by atoms with E-state index in [1.807, 2.05) is 6.92 Å². The number of amides is 2. The van der Waals surface area contributed by atoms with Gasteiger partial charge in [-0.05, 0) is 62.4 Å². The number of piperidine rings is 1. The first-order valence-electron chi connectivity index (χ1n) is 14.2. The number of hydrogen-bond donors (Lipinski definition) is 3. The third kappa shape index (κ3) is 5.56. The molecular weight excluding hydrogens is 577 g/mol. The van der Waals surface area contributed by atoms with Gasteiger partial charge in [0.25, 0.3) is 0 Å². The van der Waals surface area contributed by atoms with Gasteiger partial charge in [-0.3, -0.25) is 4.79 Å². The number of alkyl halides is 3. The molecule has 13 heteroatoms. The molecule has 44 heavy (non-hydrogen) atoms. The van der Waals surface area contributed by atoms with Gasteiger partial charge in [0.1, 0.15) is 11.2 Å². The summed E-state index contributed by atoms with van der Waals surface area (Å²) in [6.45, 7) is 2.65. The Bertz CT molecular complexity index is 1740. The number of ether oxygens (including phenoxy) is 1. The molecule has 1 unspecified atom stereocenters. The third-order valence-electron chi connectivity index (χ3n) is 8.11. The van der Waals surface area contributed by atoms with Crippen LogP contribution in [0.1, 0.15) is 31.2 Å². The minimum Gasteiger partial charge on any atom is -0.465 e. The second kappa shape index (κ2) is 11.3. The molecule has 3 heterocycles. The zero-order chi connectivity index (χ0) is 31.1. The molecule has 2 aromatic carbocycles. The normalized spacial score (nSPS) is 17.6. The Hall–Kier alpha value is -4.94. The zero-order valence-corrected chi connectivity index (χ0v) is 23.7. The molecule has 1 saturated heterocycles. The molecule has 10 nitrogen and oxygen atoms in total. The smallest absolute Gasteiger partial charge is 0.407 e. The summed E-state index contributed by atoms with van der Waals surface area (Å²) in [5.74, 6) is -0.0574. The molecule has 1 saturated carbocycles. The average Bonchev–Trinajstić information content (AvgIpc) is 3.82. The fourth-order valence-corrected chi connectivity index (χ4v) is 5.48. The molecule has 1 atom stereocenters. The third-order valence-corrected chi connectivity index (χ3v) is 8.11. The first-order valence-corrected chi connectivity index (χ1v) is 14.2. The Morgan fingerprint density at radius 3 is 2.61 bits per heavy atom. The van der Waals surface area contributed by atoms with Gasteiger partial charge < -0.3 is 25.4 Å². The molecule has 2 amide bonds. The molecule has 2 aromatic heterocycles. The second-order valence-corrected chi connectivity index (χ2v) is 11.1. The van der Waals surface area contributed by atoms with Crippen molar-refractivity contribution < 1.29 is 32.6 Å². The maximum Gasteiger partial charge on any atom is 0.407 e. The van der Waals surface area contributed by atoms with E-state index < -0.39 is 23.6 Å². The number of rotatable bonds is 7. The van der Waals surface area contributed by atoms with Gasteiger partial charge in [0.2, 0.25) is 17.7 Å². The standard InChI is InChI=1S/C31H29F3N6O4/c1-18-9-10-20-21(6-2-8-23(20)38-27(41)30(12-13-30)31(32,33)34)25(18)44-26-22(7-3-14-35-26)24-11-15-36-28(39-24)37-19-5-4-16-40(17-19)29(42)43/h2-3,6-11,14-15,19H,4-5,12-13,16-17H2,1H3,(H,38,41)(H,42,43)(H,36,37,39). The van der Waals surface area contributed by atoms with Gasteiger partial charge in [-0.15, -0.1) is 0 Å². The van der Waals surface area contributed by atoms with Gasteiger partial charge >= 0.3 is 12.3 Å². The van der Waals surface area contributed by atoms with Crippen molar-refractivity contribution in [1.82, 2.24) is 19.9 Å². The highest BCUT2D eigenvalue weighted by Crippen LogP contribution is 2.58. The number of aromatic nitrogens is 3. The van der Waals surface area contributed by atoms with E-state index >= 15 is 0 Å². The number of carbonyl (C=O) groups is 2. The quantitative estimate of drug-likeness (QED) is 0.214. The molecule has 0 radical (unpaired) electrons. The summed E-state index contributed by atoms with van der Waals surface area (Å²) in [5.41, 5.74) is -0.263. The highest BCUT2D eigenvalue weighted by atomic mass is 19.4. The number of hydrogen-bond acceptors (Lipinski definition) is 7. The number of nitrogens with zero attached hydrogens (tertiary/aromatic N) is 4. The Kier molecular flexibility index (Phi) is 7.48. The van der Waals surface area contributed by atoms with Gasteiger partial charge in [0, 0.05) is 48.0 Å². The fourth-order valence-electron chi connectivity index (χ4n) is 5.48. The van der Waals surface area contributed by atoms with Gasteiger partial charge in [0.15, 0.2) is 0 Å². The van der Waals surface area contributed by atoms with Crippen molar-refractivity contribution in [2.24, 2.45) is 5.41 Å². The van der Waals surface area contributed by atoms with E-state index in [-0.39, 0.29) is 30.5 Å². The first-order chi connectivity index (χ1) is 21.1. The van der Waals surface area contributed by atoms with Crippen LogP contribution in [0.15, 0.2) is 60.9 Å². The van der Waals surface area contributed by atoms with Crippen LogP contribution in [-0.2, 0) is 4.79 Å². The minimum atomic E-state index is -4.62. The number of anilines is 2. The molecule has 4 aromatic rings. The lowest BCUT2D eigenvalue weighted by molar-refractivity contribution is -0.189. The molecule has 0 spiro atoms. The predicted molar refractivity (Wildman–Crippen MR) is 157 cm³/mol. The summed E-state index contributed by atoms with van der Waals surface area (Å²) in [6, 6.07) is 13.6. The molecule has 0 bridgehead atoms. The molecular formula is C31H29F3N6O4. The SMILES string of the molecule is Cc1ccc2c(NC(=O)C3(C(F)(F)F)CC3)cccc2c1Oc1ncccc1-c1ccnc(NC2CCCN(C(=O)O)C2)n1. The largest absolute Gasteiger partial charge is 0.465 e. The minimum absolute atomic E-state index is 0.140. The summed E-state index contributed by atoms with van der Waals surface area (Å²) < 4.78 is 47.1. The lowest BCUT2D eigenvalue weighted by Gasteiger charge is -2.31. The molecule has 1 aliphatic heterocycles. The summed E-state index contributed by atoms with van der Waals surface area (Å²) in [5, 5.41) is 16.2. The van der Waals surface area contributed by atoms with Crippen LogP contribution in [0.4, 0.5) is 29.6 Å². The number of likely N-dealkylation sites (tertiary alicyclic amines) is 1. The van der Waals surface area contributed by atoms with Crippen LogP contribution in [0.25, 0.3) is 22.0 Å². The Morgan fingerprint density at radius 1 is 1.05 bits per heavy atom. The molecule has 1 aliphatic carbocycles. The Balaban J connectivity index is 1.28. The van der Waals surface area contributed by atoms with Crippen molar-refractivity contribution in [2.75, 3.05) is 23.7 Å². The summed E-state index contributed by atoms with van der Waals surface area (Å²) in [4.78, 5) is 38.9. The first kappa shape index (κ1) is 29.1. The van der Waals surface area contributed by atoms with Crippen LogP contribution in [-0.4, -0.2) is 62.3 Å². The van der Waals surface area contributed by atoms with Crippen molar-refractivity contribution in [1.29, 1.82) is 0 Å². The van der Waals surface area contributed by atoms with Crippen molar-refractivity contribution in [3.8, 4) is 22.9 Å². The Morgan fingerprint density at radius 2 is 1.86 bits per heavy atom. The number of aryl methyl sites for hydroxylation is 1. The average molecular weight is 607 g/mol. The lowest BCUT2D eigenvalue weighted by atomic mass is 10.0. The summed E-state index contributed by atoms with van der Waals surface area (Å²) >= 11 is 0. The number of pyridine rings is 1. The van der Waals surface area contributed by atoms with E-state index in [1.54, 1.807) is 60.9 Å². The van der Waals surface area contributed by atoms with Gasteiger partial charge in [-0.2, -0.15) is 13.2 Å². The van der Waals surface area contributed by atoms with E-state index in [0.29, 0.717) is 46.8 Å².